The quantitative estimate of drug-likeness (QED) is 0.331. The third-order valence-corrected chi connectivity index (χ3v) is 5.19. The Morgan fingerprint density at radius 2 is 1.89 bits per heavy atom. The number of benzene rings is 2. The molecule has 3 aromatic rings. The van der Waals surface area contributed by atoms with E-state index in [2.05, 4.69) is 32.0 Å². The third kappa shape index (κ3) is 7.52. The molecule has 1 heterocycles. The number of hydrogen-bond acceptors (Lipinski definition) is 7. The normalized spacial score (nSPS) is 11.1. The number of amides is 2. The lowest BCUT2D eigenvalue weighted by atomic mass is 9.90. The molecule has 0 saturated carbocycles. The van der Waals surface area contributed by atoms with E-state index < -0.39 is 11.2 Å². The summed E-state index contributed by atoms with van der Waals surface area (Å²) in [6.07, 6.45) is 2.76. The van der Waals surface area contributed by atoms with Crippen molar-refractivity contribution in [3.63, 3.8) is 0 Å². The van der Waals surface area contributed by atoms with Gasteiger partial charge in [0.15, 0.2) is 0 Å². The van der Waals surface area contributed by atoms with Gasteiger partial charge in [0.2, 0.25) is 0 Å². The Hall–Kier alpha value is -3.97. The van der Waals surface area contributed by atoms with E-state index in [1.54, 1.807) is 37.4 Å². The highest BCUT2D eigenvalue weighted by atomic mass is 19.1. The molecule has 3 rings (SSSR count). The zero-order valence-corrected chi connectivity index (χ0v) is 20.0. The second-order valence-electron chi connectivity index (χ2n) is 8.55. The van der Waals surface area contributed by atoms with Crippen LogP contribution in [0.3, 0.4) is 0 Å². The molecule has 0 aliphatic rings. The minimum atomic E-state index is -0.508. The second-order valence-corrected chi connectivity index (χ2v) is 8.55. The molecule has 9 nitrogen and oxygen atoms in total. The fraction of sp³-hybridized carbons (Fsp3) is 0.360. The monoisotopic (exact) mass is 480 g/mol. The smallest absolute Gasteiger partial charge is 0.319 e. The van der Waals surface area contributed by atoms with Crippen molar-refractivity contribution in [3.05, 3.63) is 48.5 Å². The van der Waals surface area contributed by atoms with Gasteiger partial charge in [-0.15, -0.1) is 0 Å². The highest BCUT2D eigenvalue weighted by Gasteiger charge is 2.16. The van der Waals surface area contributed by atoms with Crippen LogP contribution in [-0.2, 0) is 4.74 Å². The number of fused-ring (bicyclic) bond motifs is 1. The second kappa shape index (κ2) is 11.9. The first-order chi connectivity index (χ1) is 16.8. The van der Waals surface area contributed by atoms with Gasteiger partial charge in [0, 0.05) is 37.2 Å². The summed E-state index contributed by atoms with van der Waals surface area (Å²) in [6, 6.07) is 11.8. The Bertz CT molecular complexity index is 1190. The van der Waals surface area contributed by atoms with E-state index in [9.17, 15) is 9.18 Å². The van der Waals surface area contributed by atoms with E-state index in [0.717, 1.165) is 0 Å². The Morgan fingerprint density at radius 1 is 1.14 bits per heavy atom. The summed E-state index contributed by atoms with van der Waals surface area (Å²) in [5, 5.41) is 17.9. The van der Waals surface area contributed by atoms with E-state index in [-0.39, 0.29) is 11.4 Å². The van der Waals surface area contributed by atoms with Crippen LogP contribution in [-0.4, -0.2) is 42.9 Å². The molecule has 2 aromatic carbocycles. The summed E-state index contributed by atoms with van der Waals surface area (Å²) in [7, 11) is 1.56. The number of halogens is 1. The maximum absolute atomic E-state index is 14.8. The molecule has 0 atom stereocenters. The van der Waals surface area contributed by atoms with Gasteiger partial charge in [-0.3, -0.25) is 0 Å². The van der Waals surface area contributed by atoms with Crippen molar-refractivity contribution in [2.75, 3.05) is 37.5 Å². The highest BCUT2D eigenvalue weighted by molar-refractivity contribution is 5.92. The van der Waals surface area contributed by atoms with Crippen LogP contribution in [0.4, 0.5) is 26.4 Å². The number of methoxy groups -OCH3 is 1. The van der Waals surface area contributed by atoms with Crippen LogP contribution < -0.4 is 20.7 Å². The maximum atomic E-state index is 14.8. The lowest BCUT2D eigenvalue weighted by Gasteiger charge is -2.15. The van der Waals surface area contributed by atoms with Crippen LogP contribution in [0.15, 0.2) is 42.7 Å². The lowest BCUT2D eigenvalue weighted by molar-refractivity contribution is 0.146. The van der Waals surface area contributed by atoms with Crippen molar-refractivity contribution in [2.24, 2.45) is 5.41 Å². The Balaban J connectivity index is 1.59. The predicted molar refractivity (Wildman–Crippen MR) is 132 cm³/mol. The van der Waals surface area contributed by atoms with Crippen LogP contribution >= 0.6 is 0 Å². The summed E-state index contributed by atoms with van der Waals surface area (Å²) >= 11 is 0. The molecular weight excluding hydrogens is 451 g/mol. The largest absolute Gasteiger partial charge is 0.491 e. The number of urea groups is 1. The van der Waals surface area contributed by atoms with Crippen LogP contribution in [0, 0.1) is 22.6 Å². The fourth-order valence-corrected chi connectivity index (χ4v) is 3.28. The third-order valence-electron chi connectivity index (χ3n) is 5.19. The van der Waals surface area contributed by atoms with Gasteiger partial charge in [-0.25, -0.2) is 19.2 Å². The van der Waals surface area contributed by atoms with Gasteiger partial charge in [-0.05, 0) is 51.0 Å². The van der Waals surface area contributed by atoms with Crippen LogP contribution in [0.1, 0.15) is 26.7 Å². The van der Waals surface area contributed by atoms with Crippen molar-refractivity contribution >= 4 is 34.1 Å². The average molecular weight is 481 g/mol. The molecule has 0 radical (unpaired) electrons. The van der Waals surface area contributed by atoms with Gasteiger partial charge in [0.1, 0.15) is 30.3 Å². The number of rotatable bonds is 11. The van der Waals surface area contributed by atoms with Gasteiger partial charge in [-0.1, -0.05) is 0 Å². The molecule has 0 fully saturated rings. The van der Waals surface area contributed by atoms with Crippen LogP contribution in [0.5, 0.6) is 5.75 Å². The van der Waals surface area contributed by atoms with E-state index in [1.807, 2.05) is 13.8 Å². The van der Waals surface area contributed by atoms with Crippen LogP contribution in [0.25, 0.3) is 10.9 Å². The van der Waals surface area contributed by atoms with Crippen molar-refractivity contribution in [1.82, 2.24) is 15.3 Å². The summed E-state index contributed by atoms with van der Waals surface area (Å²) < 4.78 is 25.3. The molecule has 0 aliphatic heterocycles. The topological polar surface area (TPSA) is 121 Å². The number of nitrogens with one attached hydrogen (secondary N) is 3. The number of anilines is 3. The molecule has 3 N–H and O–H groups in total. The zero-order valence-electron chi connectivity index (χ0n) is 20.0. The Morgan fingerprint density at radius 3 is 2.60 bits per heavy atom. The zero-order chi connectivity index (χ0) is 25.3. The number of ether oxygens (including phenoxy) is 2. The van der Waals surface area contributed by atoms with Gasteiger partial charge in [0.25, 0.3) is 0 Å². The highest BCUT2D eigenvalue weighted by Crippen LogP contribution is 2.29. The number of aromatic nitrogens is 2. The van der Waals surface area contributed by atoms with Gasteiger partial charge < -0.3 is 25.4 Å². The van der Waals surface area contributed by atoms with Crippen molar-refractivity contribution < 1.29 is 18.7 Å². The van der Waals surface area contributed by atoms with E-state index in [1.165, 1.54) is 12.4 Å². The molecule has 0 aliphatic carbocycles. The number of nitriles is 1. The molecule has 2 amide bonds. The van der Waals surface area contributed by atoms with Gasteiger partial charge in [-0.2, -0.15) is 5.26 Å². The van der Waals surface area contributed by atoms with E-state index in [4.69, 9.17) is 14.7 Å². The molecule has 184 valence electrons. The molecule has 0 bridgehead atoms. The fourth-order valence-electron chi connectivity index (χ4n) is 3.28. The number of carbonyl (C=O) groups excluding carboxylic acids is 1. The van der Waals surface area contributed by atoms with Crippen molar-refractivity contribution in [2.45, 2.75) is 26.7 Å². The maximum Gasteiger partial charge on any atom is 0.319 e. The standard InChI is InChI=1S/C25H29FN6O3/c1-25(2,15-27)9-4-10-28-24(33)32-18-7-5-17(6-8-18)31-23-22-20(26)13-19(35-12-11-34-3)14-21(22)29-16-30-23/h5-8,13-14,16H,4,9-12H2,1-3H3,(H2,28,32,33)(H,29,30,31). The first-order valence-corrected chi connectivity index (χ1v) is 11.2. The predicted octanol–water partition coefficient (Wildman–Crippen LogP) is 4.99. The number of hydrogen-bond donors (Lipinski definition) is 3. The van der Waals surface area contributed by atoms with Crippen LogP contribution in [0.2, 0.25) is 0 Å². The molecule has 10 heteroatoms. The Kier molecular flexibility index (Phi) is 8.75. The van der Waals surface area contributed by atoms with E-state index in [0.29, 0.717) is 61.1 Å². The van der Waals surface area contributed by atoms with Crippen molar-refractivity contribution in [3.8, 4) is 11.8 Å². The minimum Gasteiger partial charge on any atom is -0.491 e. The SMILES string of the molecule is COCCOc1cc(F)c2c(Nc3ccc(NC(=O)NCCCC(C)(C)C#N)cc3)ncnc2c1. The molecule has 35 heavy (non-hydrogen) atoms. The molecule has 1 aromatic heterocycles. The summed E-state index contributed by atoms with van der Waals surface area (Å²) in [4.78, 5) is 20.4. The first kappa shape index (κ1) is 25.6. The van der Waals surface area contributed by atoms with E-state index >= 15 is 0 Å². The molecule has 0 saturated heterocycles. The van der Waals surface area contributed by atoms with Gasteiger partial charge >= 0.3 is 6.03 Å². The first-order valence-electron chi connectivity index (χ1n) is 11.2. The number of nitrogens with zero attached hydrogens (tertiary/aromatic N) is 3. The number of carbonyl (C=O) groups is 1. The average Bonchev–Trinajstić information content (AvgIpc) is 2.83. The summed E-state index contributed by atoms with van der Waals surface area (Å²) in [5.74, 6) is 0.167. The Labute approximate surface area is 203 Å². The van der Waals surface area contributed by atoms with Gasteiger partial charge in [0.05, 0.1) is 29.0 Å². The van der Waals surface area contributed by atoms with Crippen molar-refractivity contribution in [1.29, 1.82) is 5.26 Å². The summed E-state index contributed by atoms with van der Waals surface area (Å²) in [6.45, 7) is 4.91. The minimum absolute atomic E-state index is 0.243. The summed E-state index contributed by atoms with van der Waals surface area (Å²) in [5.41, 5.74) is 1.26. The molecule has 0 unspecified atom stereocenters. The lowest BCUT2D eigenvalue weighted by Crippen LogP contribution is -2.30. The molecular formula is C25H29FN6O3. The molecule has 0 spiro atoms.